The molecule has 1 aromatic heterocycles. The summed E-state index contributed by atoms with van der Waals surface area (Å²) in [5.41, 5.74) is 0.673. The first kappa shape index (κ1) is 23.4. The van der Waals surface area contributed by atoms with Crippen LogP contribution in [0.15, 0.2) is 52.5 Å². The quantitative estimate of drug-likeness (QED) is 0.356. The lowest BCUT2D eigenvalue weighted by Crippen LogP contribution is -2.60. The first-order chi connectivity index (χ1) is 17.1. The van der Waals surface area contributed by atoms with E-state index in [1.807, 2.05) is 0 Å². The third-order valence-electron chi connectivity index (χ3n) is 7.86. The number of nitrogens with zero attached hydrogens (tertiary/aromatic N) is 1. The minimum atomic E-state index is -2.06. The highest BCUT2D eigenvalue weighted by molar-refractivity contribution is 6.58. The highest BCUT2D eigenvalue weighted by Gasteiger charge is 2.77. The van der Waals surface area contributed by atoms with Crippen LogP contribution in [0.5, 0.6) is 0 Å². The van der Waals surface area contributed by atoms with E-state index in [2.05, 4.69) is 5.32 Å². The molecule has 6 rings (SSSR count). The highest BCUT2D eigenvalue weighted by atomic mass is 35.5. The molecule has 6 atom stereocenters. The van der Waals surface area contributed by atoms with Crippen molar-refractivity contribution in [1.82, 2.24) is 5.32 Å². The Balaban J connectivity index is 1.56. The van der Waals surface area contributed by atoms with E-state index >= 15 is 0 Å². The number of alkyl halides is 2. The van der Waals surface area contributed by atoms with Gasteiger partial charge in [0.05, 0.1) is 23.4 Å². The van der Waals surface area contributed by atoms with Crippen LogP contribution in [-0.2, 0) is 25.8 Å². The number of amides is 4. The molecule has 0 spiro atoms. The van der Waals surface area contributed by atoms with Crippen molar-refractivity contribution in [3.63, 3.8) is 0 Å². The van der Waals surface area contributed by atoms with E-state index in [0.29, 0.717) is 5.57 Å². The lowest BCUT2D eigenvalue weighted by molar-refractivity contribution is -0.127. The fourth-order valence-corrected chi connectivity index (χ4v) is 7.17. The second-order valence-corrected chi connectivity index (χ2v) is 10.8. The van der Waals surface area contributed by atoms with Crippen molar-refractivity contribution >= 4 is 52.5 Å². The van der Waals surface area contributed by atoms with Crippen molar-refractivity contribution < 1.29 is 33.1 Å². The van der Waals surface area contributed by atoms with Crippen LogP contribution >= 0.6 is 23.2 Å². The van der Waals surface area contributed by atoms with E-state index in [0.717, 1.165) is 17.0 Å². The summed E-state index contributed by atoms with van der Waals surface area (Å²) < 4.78 is 19.4. The predicted molar refractivity (Wildman–Crippen MR) is 124 cm³/mol. The van der Waals surface area contributed by atoms with Gasteiger partial charge in [-0.2, -0.15) is 0 Å². The third kappa shape index (κ3) is 2.84. The van der Waals surface area contributed by atoms with Gasteiger partial charge in [-0.1, -0.05) is 11.6 Å². The van der Waals surface area contributed by atoms with Gasteiger partial charge in [0.25, 0.3) is 11.8 Å². The van der Waals surface area contributed by atoms with Crippen LogP contribution in [0.4, 0.5) is 10.1 Å². The molecule has 6 unspecified atom stereocenters. The lowest BCUT2D eigenvalue weighted by atomic mass is 9.57. The largest absolute Gasteiger partial charge is 0.463 e. The first-order valence-electron chi connectivity index (χ1n) is 11.4. The Morgan fingerprint density at radius 1 is 1.03 bits per heavy atom. The maximum Gasteiger partial charge on any atom is 0.258 e. The van der Waals surface area contributed by atoms with Crippen LogP contribution in [-0.4, -0.2) is 38.5 Å². The van der Waals surface area contributed by atoms with Gasteiger partial charge in [0.15, 0.2) is 9.75 Å². The zero-order chi connectivity index (χ0) is 25.6. The van der Waals surface area contributed by atoms with Gasteiger partial charge in [-0.3, -0.25) is 24.5 Å². The van der Waals surface area contributed by atoms with Crippen molar-refractivity contribution in [3.8, 4) is 0 Å². The lowest BCUT2D eigenvalue weighted by Gasteiger charge is -2.49. The minimum absolute atomic E-state index is 0.0960. The van der Waals surface area contributed by atoms with E-state index in [-0.39, 0.29) is 30.0 Å². The Morgan fingerprint density at radius 2 is 1.75 bits per heavy atom. The Hall–Kier alpha value is -3.01. The van der Waals surface area contributed by atoms with Gasteiger partial charge in [0.1, 0.15) is 23.9 Å². The van der Waals surface area contributed by atoms with Gasteiger partial charge < -0.3 is 9.52 Å². The van der Waals surface area contributed by atoms with Crippen LogP contribution in [0.2, 0.25) is 0 Å². The average molecular weight is 533 g/mol. The molecule has 186 valence electrons. The molecule has 0 bridgehead atoms. The number of aliphatic hydroxyl groups is 1. The number of halogens is 3. The summed E-state index contributed by atoms with van der Waals surface area (Å²) in [7, 11) is 0. The SMILES string of the molecule is O=C1NC(=O)C2C1CC=C1C2CC2(Cl)C(=O)N(c3ccc(F)cc3)C(=O)C2(Cl)C1c1ccc(CO)o1. The van der Waals surface area contributed by atoms with Crippen LogP contribution in [0.3, 0.4) is 0 Å². The van der Waals surface area contributed by atoms with Gasteiger partial charge in [-0.15, -0.1) is 23.2 Å². The monoisotopic (exact) mass is 532 g/mol. The van der Waals surface area contributed by atoms with Gasteiger partial charge in [-0.05, 0) is 55.2 Å². The smallest absolute Gasteiger partial charge is 0.258 e. The Labute approximate surface area is 214 Å². The van der Waals surface area contributed by atoms with E-state index in [1.165, 1.54) is 18.2 Å². The topological polar surface area (TPSA) is 117 Å². The summed E-state index contributed by atoms with van der Waals surface area (Å²) in [5, 5.41) is 11.9. The molecule has 36 heavy (non-hydrogen) atoms. The number of benzene rings is 1. The Morgan fingerprint density at radius 3 is 2.42 bits per heavy atom. The van der Waals surface area contributed by atoms with Crippen molar-refractivity contribution in [3.05, 3.63) is 65.4 Å². The molecule has 3 fully saturated rings. The molecule has 2 N–H and O–H groups in total. The van der Waals surface area contributed by atoms with E-state index in [4.69, 9.17) is 27.6 Å². The number of carbonyl (C=O) groups is 4. The molecular formula is C25H19Cl2FN2O6. The number of nitrogens with one attached hydrogen (secondary N) is 1. The molecule has 2 aromatic rings. The number of rotatable bonds is 3. The van der Waals surface area contributed by atoms with Crippen molar-refractivity contribution in [1.29, 1.82) is 0 Å². The van der Waals surface area contributed by atoms with Gasteiger partial charge in [0, 0.05) is 0 Å². The molecular weight excluding hydrogens is 514 g/mol. The second kappa shape index (κ2) is 7.74. The fourth-order valence-electron chi connectivity index (χ4n) is 6.26. The molecule has 0 radical (unpaired) electrons. The van der Waals surface area contributed by atoms with E-state index in [9.17, 15) is 28.7 Å². The van der Waals surface area contributed by atoms with Gasteiger partial charge >= 0.3 is 0 Å². The number of hydrogen-bond acceptors (Lipinski definition) is 6. The van der Waals surface area contributed by atoms with Crippen LogP contribution < -0.4 is 10.2 Å². The maximum atomic E-state index is 14.0. The highest BCUT2D eigenvalue weighted by Crippen LogP contribution is 2.65. The number of carbonyl (C=O) groups excluding carboxylic acids is 4. The zero-order valence-electron chi connectivity index (χ0n) is 18.5. The van der Waals surface area contributed by atoms with Gasteiger partial charge in [-0.25, -0.2) is 9.29 Å². The Kier molecular flexibility index (Phi) is 5.03. The number of imide groups is 2. The number of allylic oxidation sites excluding steroid dienone is 2. The number of furan rings is 1. The summed E-state index contributed by atoms with van der Waals surface area (Å²) in [6.07, 6.45) is 1.84. The summed E-state index contributed by atoms with van der Waals surface area (Å²) in [5.74, 6) is -5.78. The van der Waals surface area contributed by atoms with E-state index in [1.54, 1.807) is 12.1 Å². The summed E-state index contributed by atoms with van der Waals surface area (Å²) >= 11 is 14.2. The molecule has 8 nitrogen and oxygen atoms in total. The van der Waals surface area contributed by atoms with E-state index < -0.39 is 69.5 Å². The number of anilines is 1. The Bertz CT molecular complexity index is 1370. The molecule has 2 saturated heterocycles. The molecule has 4 aliphatic rings. The van der Waals surface area contributed by atoms with Crippen LogP contribution in [0.1, 0.15) is 30.3 Å². The zero-order valence-corrected chi connectivity index (χ0v) is 20.1. The molecule has 1 saturated carbocycles. The third-order valence-corrected chi connectivity index (χ3v) is 9.27. The first-order valence-corrected chi connectivity index (χ1v) is 12.1. The van der Waals surface area contributed by atoms with Crippen molar-refractivity contribution in [2.24, 2.45) is 17.8 Å². The standard InChI is InChI=1S/C25H19Cl2FN2O6/c26-24-9-16-14(6-7-15-18(16)21(33)29-20(15)32)19(17-8-5-13(10-31)36-17)25(24,27)23(35)30(22(24)34)12-3-1-11(28)2-4-12/h1-6,8,15-16,18-19,31H,7,9-10H2,(H,29,32,33). The molecule has 4 amide bonds. The maximum absolute atomic E-state index is 14.0. The second-order valence-electron chi connectivity index (χ2n) is 9.57. The van der Waals surface area contributed by atoms with Crippen molar-refractivity contribution in [2.75, 3.05) is 4.90 Å². The van der Waals surface area contributed by atoms with Crippen molar-refractivity contribution in [2.45, 2.75) is 35.1 Å². The number of hydrogen-bond donors (Lipinski definition) is 2. The predicted octanol–water partition coefficient (Wildman–Crippen LogP) is 2.76. The molecule has 2 aliphatic heterocycles. The molecule has 2 aliphatic carbocycles. The number of fused-ring (bicyclic) bond motifs is 4. The summed E-state index contributed by atoms with van der Waals surface area (Å²) in [6, 6.07) is 7.84. The van der Waals surface area contributed by atoms with Crippen LogP contribution in [0, 0.1) is 23.6 Å². The molecule has 11 heteroatoms. The van der Waals surface area contributed by atoms with Crippen LogP contribution in [0.25, 0.3) is 0 Å². The molecule has 1 aromatic carbocycles. The van der Waals surface area contributed by atoms with Gasteiger partial charge in [0.2, 0.25) is 11.8 Å². The number of aliphatic hydroxyl groups excluding tert-OH is 1. The molecule has 3 heterocycles. The summed E-state index contributed by atoms with van der Waals surface area (Å²) in [6.45, 7) is -0.410. The normalized spacial score (nSPS) is 35.3. The summed E-state index contributed by atoms with van der Waals surface area (Å²) in [4.78, 5) is 49.8. The average Bonchev–Trinajstić information content (AvgIpc) is 3.48. The fraction of sp³-hybridized carbons (Fsp3) is 0.360. The minimum Gasteiger partial charge on any atom is -0.463 e.